The Balaban J connectivity index is 1.56. The number of hydrogen-bond acceptors (Lipinski definition) is 3. The van der Waals surface area contributed by atoms with Crippen LogP contribution >= 0.6 is 0 Å². The summed E-state index contributed by atoms with van der Waals surface area (Å²) in [5.74, 6) is 0.711. The number of piperidine rings is 1. The van der Waals surface area contributed by atoms with E-state index >= 15 is 0 Å². The number of likely N-dealkylation sites (tertiary alicyclic amines) is 1. The normalized spacial score (nSPS) is 14.7. The van der Waals surface area contributed by atoms with Gasteiger partial charge in [-0.25, -0.2) is 0 Å². The molecule has 5 heteroatoms. The minimum absolute atomic E-state index is 0.00545. The van der Waals surface area contributed by atoms with Crippen molar-refractivity contribution in [2.75, 3.05) is 25.5 Å². The number of benzene rings is 2. The van der Waals surface area contributed by atoms with Gasteiger partial charge in [-0.1, -0.05) is 17.7 Å². The summed E-state index contributed by atoms with van der Waals surface area (Å²) >= 11 is 0. The van der Waals surface area contributed by atoms with Gasteiger partial charge in [-0.05, 0) is 62.6 Å². The van der Waals surface area contributed by atoms with Gasteiger partial charge >= 0.3 is 0 Å². The van der Waals surface area contributed by atoms with Crippen LogP contribution < -0.4 is 10.1 Å². The summed E-state index contributed by atoms with van der Waals surface area (Å²) in [5.41, 5.74) is 3.75. The summed E-state index contributed by atoms with van der Waals surface area (Å²) in [4.78, 5) is 27.0. The van der Waals surface area contributed by atoms with Crippen molar-refractivity contribution in [1.82, 2.24) is 4.90 Å². The van der Waals surface area contributed by atoms with Gasteiger partial charge in [0.2, 0.25) is 5.91 Å². The first-order chi connectivity index (χ1) is 13.0. The van der Waals surface area contributed by atoms with Crippen LogP contribution in [0.25, 0.3) is 0 Å². The molecular formula is C22H26N2O3. The van der Waals surface area contributed by atoms with Crippen molar-refractivity contribution in [3.8, 4) is 5.75 Å². The molecule has 0 unspecified atom stereocenters. The number of ether oxygens (including phenoxy) is 1. The molecule has 0 aliphatic carbocycles. The summed E-state index contributed by atoms with van der Waals surface area (Å²) < 4.78 is 5.13. The number of carbonyl (C=O) groups excluding carboxylic acids is 2. The van der Waals surface area contributed by atoms with E-state index in [0.717, 1.165) is 17.0 Å². The Hall–Kier alpha value is -2.82. The molecule has 0 atom stereocenters. The maximum Gasteiger partial charge on any atom is 0.253 e. The van der Waals surface area contributed by atoms with Crippen LogP contribution in [0.2, 0.25) is 0 Å². The maximum absolute atomic E-state index is 12.6. The molecule has 142 valence electrons. The molecule has 2 aromatic carbocycles. The molecule has 0 saturated carbocycles. The van der Waals surface area contributed by atoms with E-state index in [4.69, 9.17) is 4.74 Å². The van der Waals surface area contributed by atoms with Crippen LogP contribution in [0.5, 0.6) is 5.75 Å². The zero-order valence-electron chi connectivity index (χ0n) is 16.1. The standard InChI is InChI=1S/C22H26N2O3/c1-15-4-9-20(16(2)14-15)23-21(25)17-10-12-24(13-11-17)22(26)18-5-7-19(27-3)8-6-18/h4-9,14,17H,10-13H2,1-3H3,(H,23,25). The molecule has 0 spiro atoms. The minimum atomic E-state index is -0.0642. The van der Waals surface area contributed by atoms with Gasteiger partial charge in [-0.15, -0.1) is 0 Å². The van der Waals surface area contributed by atoms with Crippen molar-refractivity contribution in [2.45, 2.75) is 26.7 Å². The average Bonchev–Trinajstić information content (AvgIpc) is 2.69. The van der Waals surface area contributed by atoms with Gasteiger partial charge in [0.15, 0.2) is 0 Å². The smallest absolute Gasteiger partial charge is 0.253 e. The van der Waals surface area contributed by atoms with E-state index in [1.807, 2.05) is 30.9 Å². The zero-order chi connectivity index (χ0) is 19.4. The fraction of sp³-hybridized carbons (Fsp3) is 0.364. The van der Waals surface area contributed by atoms with E-state index in [0.29, 0.717) is 31.5 Å². The van der Waals surface area contributed by atoms with Gasteiger partial charge < -0.3 is 15.0 Å². The van der Waals surface area contributed by atoms with Crippen molar-refractivity contribution in [2.24, 2.45) is 5.92 Å². The lowest BCUT2D eigenvalue weighted by Gasteiger charge is -2.31. The van der Waals surface area contributed by atoms with Gasteiger partial charge in [0.05, 0.1) is 7.11 Å². The molecule has 1 aliphatic heterocycles. The second-order valence-corrected chi connectivity index (χ2v) is 7.10. The molecular weight excluding hydrogens is 340 g/mol. The molecule has 2 aromatic rings. The molecule has 1 aliphatic rings. The summed E-state index contributed by atoms with van der Waals surface area (Å²) in [6, 6.07) is 13.1. The average molecular weight is 366 g/mol. The topological polar surface area (TPSA) is 58.6 Å². The van der Waals surface area contributed by atoms with Crippen molar-refractivity contribution >= 4 is 17.5 Å². The second-order valence-electron chi connectivity index (χ2n) is 7.10. The highest BCUT2D eigenvalue weighted by Gasteiger charge is 2.28. The lowest BCUT2D eigenvalue weighted by Crippen LogP contribution is -2.41. The van der Waals surface area contributed by atoms with E-state index in [2.05, 4.69) is 11.4 Å². The number of hydrogen-bond donors (Lipinski definition) is 1. The molecule has 27 heavy (non-hydrogen) atoms. The first-order valence-corrected chi connectivity index (χ1v) is 9.29. The van der Waals surface area contributed by atoms with Crippen molar-refractivity contribution in [3.05, 3.63) is 59.2 Å². The number of methoxy groups -OCH3 is 1. The van der Waals surface area contributed by atoms with Crippen LogP contribution in [0.15, 0.2) is 42.5 Å². The molecule has 0 bridgehead atoms. The number of anilines is 1. The third-order valence-corrected chi connectivity index (χ3v) is 5.13. The number of carbonyl (C=O) groups is 2. The first-order valence-electron chi connectivity index (χ1n) is 9.29. The predicted octanol–water partition coefficient (Wildman–Crippen LogP) is 3.80. The molecule has 5 nitrogen and oxygen atoms in total. The van der Waals surface area contributed by atoms with Crippen molar-refractivity contribution < 1.29 is 14.3 Å². The lowest BCUT2D eigenvalue weighted by atomic mass is 9.95. The number of rotatable bonds is 4. The van der Waals surface area contributed by atoms with E-state index < -0.39 is 0 Å². The van der Waals surface area contributed by atoms with E-state index in [-0.39, 0.29) is 17.7 Å². The van der Waals surface area contributed by atoms with Crippen LogP contribution in [0.3, 0.4) is 0 Å². The largest absolute Gasteiger partial charge is 0.497 e. The van der Waals surface area contributed by atoms with E-state index in [1.54, 1.807) is 31.4 Å². The van der Waals surface area contributed by atoms with Crippen LogP contribution in [0.4, 0.5) is 5.69 Å². The number of nitrogens with zero attached hydrogens (tertiary/aromatic N) is 1. The zero-order valence-corrected chi connectivity index (χ0v) is 16.1. The summed E-state index contributed by atoms with van der Waals surface area (Å²) in [7, 11) is 1.60. The molecule has 1 fully saturated rings. The molecule has 3 rings (SSSR count). The van der Waals surface area contributed by atoms with Crippen LogP contribution in [-0.2, 0) is 4.79 Å². The van der Waals surface area contributed by atoms with Gasteiger partial charge in [-0.3, -0.25) is 9.59 Å². The van der Waals surface area contributed by atoms with Crippen LogP contribution in [-0.4, -0.2) is 36.9 Å². The van der Waals surface area contributed by atoms with Crippen molar-refractivity contribution in [3.63, 3.8) is 0 Å². The Morgan fingerprint density at radius 1 is 1.04 bits per heavy atom. The van der Waals surface area contributed by atoms with Crippen LogP contribution in [0, 0.1) is 19.8 Å². The number of amides is 2. The molecule has 1 N–H and O–H groups in total. The fourth-order valence-corrected chi connectivity index (χ4v) is 3.45. The molecule has 1 heterocycles. The number of nitrogens with one attached hydrogen (secondary N) is 1. The van der Waals surface area contributed by atoms with E-state index in [1.165, 1.54) is 5.56 Å². The summed E-state index contributed by atoms with van der Waals surface area (Å²) in [6.45, 7) is 5.22. The third kappa shape index (κ3) is 4.48. The predicted molar refractivity (Wildman–Crippen MR) is 106 cm³/mol. The Kier molecular flexibility index (Phi) is 5.79. The van der Waals surface area contributed by atoms with Gasteiger partial charge in [0.25, 0.3) is 5.91 Å². The third-order valence-electron chi connectivity index (χ3n) is 5.13. The summed E-state index contributed by atoms with van der Waals surface area (Å²) in [6.07, 6.45) is 1.36. The van der Waals surface area contributed by atoms with Crippen LogP contribution in [0.1, 0.15) is 34.3 Å². The minimum Gasteiger partial charge on any atom is -0.497 e. The Morgan fingerprint density at radius 3 is 2.30 bits per heavy atom. The molecule has 2 amide bonds. The lowest BCUT2D eigenvalue weighted by molar-refractivity contribution is -0.121. The van der Waals surface area contributed by atoms with Crippen molar-refractivity contribution in [1.29, 1.82) is 0 Å². The monoisotopic (exact) mass is 366 g/mol. The quantitative estimate of drug-likeness (QED) is 0.895. The fourth-order valence-electron chi connectivity index (χ4n) is 3.45. The SMILES string of the molecule is COc1ccc(C(=O)N2CCC(C(=O)Nc3ccc(C)cc3C)CC2)cc1. The van der Waals surface area contributed by atoms with Gasteiger partial charge in [0.1, 0.15) is 5.75 Å². The summed E-state index contributed by atoms with van der Waals surface area (Å²) in [5, 5.41) is 3.04. The maximum atomic E-state index is 12.6. The second kappa shape index (κ2) is 8.25. The van der Waals surface area contributed by atoms with Gasteiger partial charge in [-0.2, -0.15) is 0 Å². The first kappa shape index (κ1) is 19.0. The highest BCUT2D eigenvalue weighted by Crippen LogP contribution is 2.23. The van der Waals surface area contributed by atoms with Gasteiger partial charge in [0, 0.05) is 30.3 Å². The highest BCUT2D eigenvalue weighted by molar-refractivity contribution is 5.95. The Morgan fingerprint density at radius 2 is 1.70 bits per heavy atom. The molecule has 0 radical (unpaired) electrons. The highest BCUT2D eigenvalue weighted by atomic mass is 16.5. The molecule has 0 aromatic heterocycles. The molecule has 1 saturated heterocycles. The Labute approximate surface area is 160 Å². The Bertz CT molecular complexity index is 822. The number of aryl methyl sites for hydroxylation is 2. The van der Waals surface area contributed by atoms with E-state index in [9.17, 15) is 9.59 Å².